The number of carbonyl (C=O) groups excluding carboxylic acids is 2. The van der Waals surface area contributed by atoms with Gasteiger partial charge in [-0.2, -0.15) is 13.2 Å². The molecule has 3 amide bonds. The number of nitrogens with one attached hydrogen (secondary N) is 2. The molecule has 2 aromatic heterocycles. The molecule has 184 valence electrons. The van der Waals surface area contributed by atoms with Crippen molar-refractivity contribution in [2.75, 3.05) is 21.7 Å². The Morgan fingerprint density at radius 3 is 2.72 bits per heavy atom. The first-order valence-corrected chi connectivity index (χ1v) is 11.3. The average molecular weight is 493 g/mol. The van der Waals surface area contributed by atoms with Crippen LogP contribution in [-0.4, -0.2) is 28.5 Å². The number of urea groups is 1. The van der Waals surface area contributed by atoms with Crippen molar-refractivity contribution < 1.29 is 22.8 Å². The Morgan fingerprint density at radius 2 is 1.97 bits per heavy atom. The van der Waals surface area contributed by atoms with Crippen LogP contribution in [0.3, 0.4) is 0 Å². The van der Waals surface area contributed by atoms with Gasteiger partial charge in [0.15, 0.2) is 0 Å². The van der Waals surface area contributed by atoms with Crippen molar-refractivity contribution in [2.24, 2.45) is 0 Å². The van der Waals surface area contributed by atoms with Gasteiger partial charge in [-0.15, -0.1) is 0 Å². The van der Waals surface area contributed by atoms with Crippen molar-refractivity contribution in [3.63, 3.8) is 0 Å². The number of benzene rings is 2. The molecule has 2 aromatic carbocycles. The first-order chi connectivity index (χ1) is 17.2. The number of aromatic nitrogens is 2. The normalized spacial score (nSPS) is 13.8. The molecule has 3 heterocycles. The van der Waals surface area contributed by atoms with Gasteiger partial charge in [-0.25, -0.2) is 9.78 Å². The van der Waals surface area contributed by atoms with Gasteiger partial charge in [-0.1, -0.05) is 12.1 Å². The highest BCUT2D eigenvalue weighted by atomic mass is 19.4. The minimum absolute atomic E-state index is 0.117. The summed E-state index contributed by atoms with van der Waals surface area (Å²) in [5.74, 6) is -0.680. The molecule has 0 atom stereocenters. The average Bonchev–Trinajstić information content (AvgIpc) is 3.34. The summed E-state index contributed by atoms with van der Waals surface area (Å²) in [6.45, 7) is 4.46. The van der Waals surface area contributed by atoms with Crippen LogP contribution < -0.4 is 15.1 Å². The van der Waals surface area contributed by atoms with Crippen LogP contribution in [-0.2, 0) is 12.7 Å². The number of amides is 3. The Morgan fingerprint density at radius 1 is 1.17 bits per heavy atom. The first kappa shape index (κ1) is 23.4. The number of hydrogen-bond acceptors (Lipinski definition) is 3. The third-order valence-electron chi connectivity index (χ3n) is 6.22. The Bertz CT molecular complexity index is 1490. The van der Waals surface area contributed by atoms with E-state index in [1.54, 1.807) is 40.4 Å². The maximum atomic E-state index is 13.6. The van der Waals surface area contributed by atoms with Crippen LogP contribution in [0.5, 0.6) is 0 Å². The molecule has 7 nitrogen and oxygen atoms in total. The molecule has 0 saturated carbocycles. The largest absolute Gasteiger partial charge is 0.416 e. The van der Waals surface area contributed by atoms with Crippen molar-refractivity contribution >= 4 is 40.0 Å². The summed E-state index contributed by atoms with van der Waals surface area (Å²) >= 11 is 0. The number of pyridine rings is 1. The van der Waals surface area contributed by atoms with Crippen molar-refractivity contribution in [3.8, 4) is 0 Å². The van der Waals surface area contributed by atoms with E-state index in [4.69, 9.17) is 0 Å². The van der Waals surface area contributed by atoms with Gasteiger partial charge in [0.25, 0.3) is 5.91 Å². The van der Waals surface area contributed by atoms with Gasteiger partial charge in [-0.05, 0) is 55.8 Å². The lowest BCUT2D eigenvalue weighted by atomic mass is 10.1. The number of nitrogens with zero attached hydrogens (tertiary/aromatic N) is 3. The summed E-state index contributed by atoms with van der Waals surface area (Å²) in [7, 11) is 0. The number of rotatable bonds is 4. The second kappa shape index (κ2) is 8.71. The fraction of sp³-hybridized carbons (Fsp3) is 0.192. The number of hydrogen-bond donors (Lipinski definition) is 2. The summed E-state index contributed by atoms with van der Waals surface area (Å²) in [6, 6.07) is 11.0. The van der Waals surface area contributed by atoms with E-state index in [2.05, 4.69) is 15.3 Å². The molecule has 0 radical (unpaired) electrons. The van der Waals surface area contributed by atoms with Crippen molar-refractivity contribution in [1.82, 2.24) is 9.97 Å². The van der Waals surface area contributed by atoms with Crippen LogP contribution in [0.2, 0.25) is 0 Å². The summed E-state index contributed by atoms with van der Waals surface area (Å²) in [4.78, 5) is 37.1. The number of aromatic amines is 1. The number of aryl methyl sites for hydroxylation is 1. The number of halogens is 3. The van der Waals surface area contributed by atoms with Crippen LogP contribution >= 0.6 is 0 Å². The molecular formula is C26H22F3N5O2. The van der Waals surface area contributed by atoms with E-state index in [-0.39, 0.29) is 18.1 Å². The molecule has 4 aromatic rings. The van der Waals surface area contributed by atoms with E-state index in [0.717, 1.165) is 34.3 Å². The van der Waals surface area contributed by atoms with Crippen LogP contribution in [0, 0.1) is 6.92 Å². The van der Waals surface area contributed by atoms with Gasteiger partial charge in [-0.3, -0.25) is 14.6 Å². The second-order valence-electron chi connectivity index (χ2n) is 8.52. The molecule has 0 unspecified atom stereocenters. The molecule has 0 aliphatic carbocycles. The summed E-state index contributed by atoms with van der Waals surface area (Å²) < 4.78 is 39.2. The molecule has 0 saturated heterocycles. The lowest BCUT2D eigenvalue weighted by Crippen LogP contribution is -2.47. The van der Waals surface area contributed by atoms with Crippen LogP contribution in [0.25, 0.3) is 11.0 Å². The third-order valence-corrected chi connectivity index (χ3v) is 6.22. The summed E-state index contributed by atoms with van der Waals surface area (Å²) in [5.41, 5.74) is 3.12. The number of fused-ring (bicyclic) bond motifs is 3. The quantitative estimate of drug-likeness (QED) is 0.360. The summed E-state index contributed by atoms with van der Waals surface area (Å²) in [6.07, 6.45) is -1.03. The second-order valence-corrected chi connectivity index (χ2v) is 8.52. The molecule has 1 aliphatic rings. The van der Waals surface area contributed by atoms with Crippen molar-refractivity contribution in [3.05, 3.63) is 83.2 Å². The zero-order chi connectivity index (χ0) is 25.6. The minimum Gasteiger partial charge on any atom is -0.346 e. The molecular weight excluding hydrogens is 471 g/mol. The molecule has 10 heteroatoms. The fourth-order valence-corrected chi connectivity index (χ4v) is 4.45. The topological polar surface area (TPSA) is 81.3 Å². The number of anilines is 3. The molecule has 0 spiro atoms. The zero-order valence-electron chi connectivity index (χ0n) is 19.5. The third kappa shape index (κ3) is 4.04. The van der Waals surface area contributed by atoms with Gasteiger partial charge >= 0.3 is 12.2 Å². The number of carbonyl (C=O) groups is 2. The zero-order valence-corrected chi connectivity index (χ0v) is 19.5. The van der Waals surface area contributed by atoms with Gasteiger partial charge in [0, 0.05) is 41.1 Å². The van der Waals surface area contributed by atoms with Gasteiger partial charge < -0.3 is 10.3 Å². The predicted octanol–water partition coefficient (Wildman–Crippen LogP) is 6.11. The van der Waals surface area contributed by atoms with Gasteiger partial charge in [0.05, 0.1) is 23.5 Å². The summed E-state index contributed by atoms with van der Waals surface area (Å²) in [5, 5.41) is 3.51. The van der Waals surface area contributed by atoms with E-state index < -0.39 is 17.6 Å². The Labute approximate surface area is 204 Å². The Kier molecular flexibility index (Phi) is 5.66. The Hall–Kier alpha value is -4.34. The standard InChI is InChI=1S/C26H22F3N5O2/c1-3-33-22-17(13-31-23-20(22)9-10-30-23)14-34(25(33)36)21-12-19(8-7-15(21)2)32-24(35)16-5-4-6-18(11-16)26(27,28)29/h4-13H,3,14H2,1-2H3,(H,30,31)(H,32,35). The maximum Gasteiger partial charge on any atom is 0.416 e. The Balaban J connectivity index is 1.47. The SMILES string of the molecule is CCN1C(=O)N(c2cc(NC(=O)c3cccc(C(F)(F)F)c3)ccc2C)Cc2cnc3[nH]ccc3c21. The number of alkyl halides is 3. The molecule has 36 heavy (non-hydrogen) atoms. The van der Waals surface area contributed by atoms with Crippen molar-refractivity contribution in [2.45, 2.75) is 26.6 Å². The maximum absolute atomic E-state index is 13.6. The molecule has 1 aliphatic heterocycles. The van der Waals surface area contributed by atoms with E-state index in [1.165, 1.54) is 12.1 Å². The highest BCUT2D eigenvalue weighted by Gasteiger charge is 2.33. The lowest BCUT2D eigenvalue weighted by Gasteiger charge is -2.37. The fourth-order valence-electron chi connectivity index (χ4n) is 4.45. The molecule has 0 fully saturated rings. The minimum atomic E-state index is -4.55. The van der Waals surface area contributed by atoms with Gasteiger partial charge in [0.1, 0.15) is 5.65 Å². The number of H-pyrrole nitrogens is 1. The van der Waals surface area contributed by atoms with E-state index in [9.17, 15) is 22.8 Å². The predicted molar refractivity (Wildman–Crippen MR) is 131 cm³/mol. The lowest BCUT2D eigenvalue weighted by molar-refractivity contribution is -0.137. The smallest absolute Gasteiger partial charge is 0.346 e. The van der Waals surface area contributed by atoms with Crippen LogP contribution in [0.1, 0.15) is 34.0 Å². The molecule has 2 N–H and O–H groups in total. The van der Waals surface area contributed by atoms with E-state index in [1.807, 2.05) is 19.9 Å². The van der Waals surface area contributed by atoms with E-state index >= 15 is 0 Å². The monoisotopic (exact) mass is 493 g/mol. The first-order valence-electron chi connectivity index (χ1n) is 11.3. The van der Waals surface area contributed by atoms with Crippen molar-refractivity contribution in [1.29, 1.82) is 0 Å². The molecule has 5 rings (SSSR count). The van der Waals surface area contributed by atoms with Crippen LogP contribution in [0.15, 0.2) is 60.9 Å². The highest BCUT2D eigenvalue weighted by Crippen LogP contribution is 2.38. The van der Waals surface area contributed by atoms with Gasteiger partial charge in [0.2, 0.25) is 0 Å². The molecule has 0 bridgehead atoms. The highest BCUT2D eigenvalue weighted by molar-refractivity contribution is 6.12. The van der Waals surface area contributed by atoms with E-state index in [0.29, 0.717) is 23.6 Å². The van der Waals surface area contributed by atoms with Crippen LogP contribution in [0.4, 0.5) is 35.0 Å².